The normalized spacial score (nSPS) is 28.6. The van der Waals surface area contributed by atoms with Gasteiger partial charge >= 0.3 is 11.9 Å². The number of carbonyl (C=O) groups excluding carboxylic acids is 2. The molecule has 1 fully saturated rings. The highest BCUT2D eigenvalue weighted by atomic mass is 16.6. The molecule has 19 heavy (non-hydrogen) atoms. The highest BCUT2D eigenvalue weighted by Gasteiger charge is 2.47. The lowest BCUT2D eigenvalue weighted by Crippen LogP contribution is -2.45. The molecule has 0 amide bonds. The first-order valence-corrected chi connectivity index (χ1v) is 6.26. The molecular weight excluding hydrogens is 244 g/mol. The van der Waals surface area contributed by atoms with E-state index in [0.717, 1.165) is 11.1 Å². The van der Waals surface area contributed by atoms with Gasteiger partial charge in [-0.2, -0.15) is 0 Å². The number of benzene rings is 1. The van der Waals surface area contributed by atoms with Crippen LogP contribution in [0.3, 0.4) is 0 Å². The lowest BCUT2D eigenvalue weighted by atomic mass is 9.75. The molecule has 4 heteroatoms. The van der Waals surface area contributed by atoms with Gasteiger partial charge in [0.15, 0.2) is 0 Å². The third kappa shape index (κ3) is 1.93. The number of methoxy groups -OCH3 is 1. The number of carbonyl (C=O) groups is 2. The molecular formula is C15H14O4. The number of hydrogen-bond donors (Lipinski definition) is 0. The molecule has 3 atom stereocenters. The van der Waals surface area contributed by atoms with E-state index in [-0.39, 0.29) is 18.0 Å². The van der Waals surface area contributed by atoms with E-state index in [1.54, 1.807) is 0 Å². The Morgan fingerprint density at radius 1 is 1.32 bits per heavy atom. The average molecular weight is 258 g/mol. The van der Waals surface area contributed by atoms with Crippen LogP contribution >= 0.6 is 0 Å². The predicted molar refractivity (Wildman–Crippen MR) is 67.9 cm³/mol. The van der Waals surface area contributed by atoms with Crippen LogP contribution in [0.5, 0.6) is 0 Å². The second kappa shape index (κ2) is 4.53. The van der Waals surface area contributed by atoms with Crippen LogP contribution < -0.4 is 0 Å². The molecule has 2 heterocycles. The molecule has 4 rings (SSSR count). The van der Waals surface area contributed by atoms with Gasteiger partial charge in [0.05, 0.1) is 18.9 Å². The molecule has 3 aliphatic rings. The summed E-state index contributed by atoms with van der Waals surface area (Å²) in [6.45, 7) is 0. The van der Waals surface area contributed by atoms with Gasteiger partial charge in [-0.25, -0.2) is 0 Å². The summed E-state index contributed by atoms with van der Waals surface area (Å²) in [5.74, 6) is -1.60. The van der Waals surface area contributed by atoms with Gasteiger partial charge in [-0.1, -0.05) is 36.4 Å². The van der Waals surface area contributed by atoms with Gasteiger partial charge in [0.1, 0.15) is 6.10 Å². The van der Waals surface area contributed by atoms with Crippen LogP contribution in [0.1, 0.15) is 12.0 Å². The standard InChI is InChI=1S/C15H14O4/c1-18-14(16)12-8-13-10(7-11(12)15(17)19-13)9-5-3-2-4-6-9/h2-7,11-13H,8H2,1H3/t11-,12+,13-/m0/s1. The summed E-state index contributed by atoms with van der Waals surface area (Å²) in [5, 5.41) is 0. The highest BCUT2D eigenvalue weighted by Crippen LogP contribution is 2.41. The fraction of sp³-hybridized carbons (Fsp3) is 0.333. The van der Waals surface area contributed by atoms with Crippen molar-refractivity contribution in [2.24, 2.45) is 11.8 Å². The minimum Gasteiger partial charge on any atom is -0.469 e. The SMILES string of the molecule is COC(=O)[C@@H]1C[C@@H]2OC(=O)[C@H]1C=C2c1ccccc1. The van der Waals surface area contributed by atoms with E-state index in [1.165, 1.54) is 7.11 Å². The Hall–Kier alpha value is -2.10. The molecule has 1 aromatic carbocycles. The van der Waals surface area contributed by atoms with Crippen LogP contribution in [0, 0.1) is 11.8 Å². The molecule has 0 unspecified atom stereocenters. The summed E-state index contributed by atoms with van der Waals surface area (Å²) in [7, 11) is 1.35. The Morgan fingerprint density at radius 3 is 2.68 bits per heavy atom. The maximum atomic E-state index is 11.8. The van der Waals surface area contributed by atoms with Crippen LogP contribution in [-0.4, -0.2) is 25.2 Å². The lowest BCUT2D eigenvalue weighted by Gasteiger charge is -2.38. The summed E-state index contributed by atoms with van der Waals surface area (Å²) in [6, 6.07) is 9.78. The average Bonchev–Trinajstić information content (AvgIpc) is 2.47. The monoisotopic (exact) mass is 258 g/mol. The van der Waals surface area contributed by atoms with Gasteiger partial charge in [0.2, 0.25) is 0 Å². The third-order valence-corrected chi connectivity index (χ3v) is 3.75. The summed E-state index contributed by atoms with van der Waals surface area (Å²) in [6.07, 6.45) is 2.02. The predicted octanol–water partition coefficient (Wildman–Crippen LogP) is 1.80. The first-order chi connectivity index (χ1) is 9.20. The maximum Gasteiger partial charge on any atom is 0.314 e. The second-order valence-electron chi connectivity index (χ2n) is 4.80. The van der Waals surface area contributed by atoms with Crippen LogP contribution in [-0.2, 0) is 19.1 Å². The topological polar surface area (TPSA) is 52.6 Å². The van der Waals surface area contributed by atoms with Crippen LogP contribution in [0.2, 0.25) is 0 Å². The Kier molecular flexibility index (Phi) is 2.85. The lowest BCUT2D eigenvalue weighted by molar-refractivity contribution is -0.169. The van der Waals surface area contributed by atoms with E-state index < -0.39 is 11.8 Å². The second-order valence-corrected chi connectivity index (χ2v) is 4.80. The molecule has 0 aromatic heterocycles. The number of ether oxygens (including phenoxy) is 2. The van der Waals surface area contributed by atoms with Gasteiger partial charge in [0, 0.05) is 6.42 Å². The molecule has 2 aliphatic heterocycles. The van der Waals surface area contributed by atoms with Crippen LogP contribution in [0.4, 0.5) is 0 Å². The van der Waals surface area contributed by atoms with Crippen molar-refractivity contribution in [3.8, 4) is 0 Å². The third-order valence-electron chi connectivity index (χ3n) is 3.75. The van der Waals surface area contributed by atoms with Crippen molar-refractivity contribution < 1.29 is 19.1 Å². The minimum atomic E-state index is -0.521. The van der Waals surface area contributed by atoms with Gasteiger partial charge in [0.25, 0.3) is 0 Å². The number of rotatable bonds is 2. The van der Waals surface area contributed by atoms with Gasteiger partial charge in [-0.15, -0.1) is 0 Å². The molecule has 0 spiro atoms. The highest BCUT2D eigenvalue weighted by molar-refractivity contribution is 5.91. The molecule has 1 aliphatic carbocycles. The molecule has 4 nitrogen and oxygen atoms in total. The van der Waals surface area contributed by atoms with E-state index in [9.17, 15) is 9.59 Å². The van der Waals surface area contributed by atoms with Gasteiger partial charge in [-0.05, 0) is 11.1 Å². The molecule has 1 saturated heterocycles. The minimum absolute atomic E-state index is 0.327. The van der Waals surface area contributed by atoms with Crippen molar-refractivity contribution in [3.63, 3.8) is 0 Å². The van der Waals surface area contributed by atoms with Crippen molar-refractivity contribution in [2.45, 2.75) is 12.5 Å². The zero-order chi connectivity index (χ0) is 13.4. The van der Waals surface area contributed by atoms with E-state index >= 15 is 0 Å². The zero-order valence-electron chi connectivity index (χ0n) is 10.5. The van der Waals surface area contributed by atoms with Crippen molar-refractivity contribution >= 4 is 17.5 Å². The fourth-order valence-electron chi connectivity index (χ4n) is 2.79. The fourth-order valence-corrected chi connectivity index (χ4v) is 2.79. The molecule has 0 radical (unpaired) electrons. The number of esters is 2. The Balaban J connectivity index is 1.97. The van der Waals surface area contributed by atoms with Crippen molar-refractivity contribution in [1.29, 1.82) is 0 Å². The summed E-state index contributed by atoms with van der Waals surface area (Å²) < 4.78 is 10.1. The van der Waals surface area contributed by atoms with E-state index in [4.69, 9.17) is 9.47 Å². The first-order valence-electron chi connectivity index (χ1n) is 6.26. The quantitative estimate of drug-likeness (QED) is 0.759. The Morgan fingerprint density at radius 2 is 2.05 bits per heavy atom. The van der Waals surface area contributed by atoms with E-state index in [1.807, 2.05) is 36.4 Å². The van der Waals surface area contributed by atoms with Gasteiger partial charge in [-0.3, -0.25) is 9.59 Å². The first kappa shape index (κ1) is 12.0. The van der Waals surface area contributed by atoms with E-state index in [0.29, 0.717) is 6.42 Å². The smallest absolute Gasteiger partial charge is 0.314 e. The summed E-state index contributed by atoms with van der Waals surface area (Å²) in [4.78, 5) is 23.5. The summed E-state index contributed by atoms with van der Waals surface area (Å²) in [5.41, 5.74) is 2.03. The zero-order valence-corrected chi connectivity index (χ0v) is 10.5. The summed E-state index contributed by atoms with van der Waals surface area (Å²) >= 11 is 0. The van der Waals surface area contributed by atoms with Crippen LogP contribution in [0.15, 0.2) is 36.4 Å². The largest absolute Gasteiger partial charge is 0.469 e. The van der Waals surface area contributed by atoms with E-state index in [2.05, 4.69) is 0 Å². The Labute approximate surface area is 111 Å². The molecule has 0 saturated carbocycles. The van der Waals surface area contributed by atoms with Crippen molar-refractivity contribution in [2.75, 3.05) is 7.11 Å². The number of hydrogen-bond acceptors (Lipinski definition) is 4. The molecule has 98 valence electrons. The van der Waals surface area contributed by atoms with Crippen molar-refractivity contribution in [1.82, 2.24) is 0 Å². The Bertz CT molecular complexity index is 547. The maximum absolute atomic E-state index is 11.8. The molecule has 2 bridgehead atoms. The van der Waals surface area contributed by atoms with Crippen molar-refractivity contribution in [3.05, 3.63) is 42.0 Å². The molecule has 1 aromatic rings. The van der Waals surface area contributed by atoms with Crippen LogP contribution in [0.25, 0.3) is 5.57 Å². The molecule has 0 N–H and O–H groups in total. The number of fused-ring (bicyclic) bond motifs is 2. The van der Waals surface area contributed by atoms with Gasteiger partial charge < -0.3 is 9.47 Å².